The predicted octanol–water partition coefficient (Wildman–Crippen LogP) is 5.07. The van der Waals surface area contributed by atoms with Gasteiger partial charge in [-0.3, -0.25) is 4.90 Å². The van der Waals surface area contributed by atoms with E-state index in [1.165, 1.54) is 28.6 Å². The molecule has 0 amide bonds. The smallest absolute Gasteiger partial charge is 0.433 e. The van der Waals surface area contributed by atoms with Gasteiger partial charge in [0.25, 0.3) is 0 Å². The highest BCUT2D eigenvalue weighted by Crippen LogP contribution is 2.44. The highest BCUT2D eigenvalue weighted by molar-refractivity contribution is 7.26. The number of piperazine rings is 1. The van der Waals surface area contributed by atoms with E-state index < -0.39 is 6.16 Å². The lowest BCUT2D eigenvalue weighted by atomic mass is 9.73. The Morgan fingerprint density at radius 3 is 2.71 bits per heavy atom. The third-order valence-corrected chi connectivity index (χ3v) is 8.61. The lowest BCUT2D eigenvalue weighted by Gasteiger charge is -2.33. The van der Waals surface area contributed by atoms with E-state index >= 15 is 0 Å². The molecule has 206 valence electrons. The Bertz CT molecular complexity index is 1300. The average molecular weight is 541 g/mol. The monoisotopic (exact) mass is 540 g/mol. The van der Waals surface area contributed by atoms with Crippen LogP contribution in [0.5, 0.6) is 0 Å². The van der Waals surface area contributed by atoms with Crippen LogP contribution in [0.4, 0.5) is 10.6 Å². The number of carbonyl (C=O) groups excluding carboxylic acids is 1. The molecule has 9 nitrogen and oxygen atoms in total. The summed E-state index contributed by atoms with van der Waals surface area (Å²) >= 11 is 1.72. The zero-order chi connectivity index (χ0) is 26.9. The van der Waals surface area contributed by atoms with Crippen molar-refractivity contribution in [2.24, 2.45) is 11.3 Å². The molecule has 1 N–H and O–H groups in total. The summed E-state index contributed by atoms with van der Waals surface area (Å²) in [6.07, 6.45) is 5.43. The van der Waals surface area contributed by atoms with Crippen LogP contribution in [0.15, 0.2) is 6.33 Å². The van der Waals surface area contributed by atoms with E-state index in [9.17, 15) is 4.79 Å². The Morgan fingerprint density at radius 2 is 1.97 bits per heavy atom. The number of aromatic nitrogens is 3. The van der Waals surface area contributed by atoms with Crippen LogP contribution in [0.3, 0.4) is 0 Å². The second-order valence-corrected chi connectivity index (χ2v) is 12.6. The van der Waals surface area contributed by atoms with Crippen molar-refractivity contribution in [2.75, 3.05) is 51.2 Å². The van der Waals surface area contributed by atoms with E-state index in [4.69, 9.17) is 19.5 Å². The number of hydrogen-bond donors (Lipinski definition) is 1. The zero-order valence-electron chi connectivity index (χ0n) is 23.3. The van der Waals surface area contributed by atoms with Gasteiger partial charge in [0.2, 0.25) is 0 Å². The molecule has 0 aromatic carbocycles. The third-order valence-electron chi connectivity index (χ3n) is 7.53. The summed E-state index contributed by atoms with van der Waals surface area (Å²) in [5.41, 5.74) is 5.51. The summed E-state index contributed by atoms with van der Waals surface area (Å²) in [4.78, 5) is 34.8. The van der Waals surface area contributed by atoms with Crippen molar-refractivity contribution < 1.29 is 14.4 Å². The van der Waals surface area contributed by atoms with E-state index in [-0.39, 0.29) is 5.41 Å². The number of nitrogens with one attached hydrogen (secondary N) is 1. The van der Waals surface area contributed by atoms with E-state index in [1.807, 2.05) is 0 Å². The molecular formula is C28H40N6O3S. The lowest BCUT2D eigenvalue weighted by molar-refractivity contribution is -0.145. The van der Waals surface area contributed by atoms with Gasteiger partial charge in [-0.05, 0) is 55.1 Å². The molecule has 3 aromatic heterocycles. The largest absolute Gasteiger partial charge is 0.527 e. The molecule has 2 aliphatic rings. The fourth-order valence-corrected chi connectivity index (χ4v) is 6.74. The molecule has 10 heteroatoms. The maximum absolute atomic E-state index is 11.5. The number of anilines is 1. The molecule has 38 heavy (non-hydrogen) atoms. The number of pyridine rings is 1. The second-order valence-electron chi connectivity index (χ2n) is 11.6. The molecule has 0 radical (unpaired) electrons. The molecule has 0 bridgehead atoms. The Hall–Kier alpha value is -2.56. The average Bonchev–Trinajstić information content (AvgIpc) is 3.23. The normalized spacial score (nSPS) is 18.2. The van der Waals surface area contributed by atoms with Crippen molar-refractivity contribution in [3.63, 3.8) is 0 Å². The fraction of sp³-hybridized carbons (Fsp3) is 0.643. The summed E-state index contributed by atoms with van der Waals surface area (Å²) in [6.45, 7) is 16.0. The number of nitrogens with zero attached hydrogens (tertiary/aromatic N) is 5. The number of hydroxylamine groups is 2. The van der Waals surface area contributed by atoms with Gasteiger partial charge in [0, 0.05) is 50.3 Å². The zero-order valence-corrected chi connectivity index (χ0v) is 24.1. The number of fused-ring (bicyclic) bond motifs is 5. The fourth-order valence-electron chi connectivity index (χ4n) is 5.59. The van der Waals surface area contributed by atoms with Gasteiger partial charge < -0.3 is 14.9 Å². The molecular weight excluding hydrogens is 500 g/mol. The van der Waals surface area contributed by atoms with Crippen LogP contribution in [-0.2, 0) is 28.8 Å². The molecule has 5 rings (SSSR count). The van der Waals surface area contributed by atoms with Crippen LogP contribution in [0.2, 0.25) is 0 Å². The van der Waals surface area contributed by atoms with Crippen LogP contribution in [-0.4, -0.2) is 76.9 Å². The molecule has 1 saturated heterocycles. The Morgan fingerprint density at radius 1 is 1.18 bits per heavy atom. The number of hydrogen-bond acceptors (Lipinski definition) is 10. The first kappa shape index (κ1) is 27.0. The summed E-state index contributed by atoms with van der Waals surface area (Å²) in [5, 5.41) is 6.49. The maximum Gasteiger partial charge on any atom is 0.527 e. The predicted molar refractivity (Wildman–Crippen MR) is 152 cm³/mol. The van der Waals surface area contributed by atoms with Gasteiger partial charge in [0.05, 0.1) is 16.8 Å². The number of carbonyl (C=O) groups is 1. The molecule has 1 aliphatic heterocycles. The maximum atomic E-state index is 11.5. The molecule has 1 aliphatic carbocycles. The van der Waals surface area contributed by atoms with E-state index in [0.717, 1.165) is 66.3 Å². The third kappa shape index (κ3) is 5.87. The topological polar surface area (TPSA) is 92.7 Å². The molecule has 0 saturated carbocycles. The highest BCUT2D eigenvalue weighted by Gasteiger charge is 2.31. The SMILES string of the molecule is CCOC(=O)ON1CCN(CCNc2ncnc3c2sc2nc(CC(C)C)c4c(c23)CC(C)(C)CC4)CC1. The molecule has 0 atom stereocenters. The standard InChI is InChI=1S/C28H40N6O3S/c1-6-36-27(35)37-34-13-11-33(12-14-34)10-9-29-25-24-23(30-17-31-25)22-20-16-28(4,5)8-7-19(20)21(15-18(2)3)32-26(22)38-24/h17-18H,6-16H2,1-5H3,(H,29,30,31). The van der Waals surface area contributed by atoms with Gasteiger partial charge in [-0.1, -0.05) is 27.7 Å². The van der Waals surface area contributed by atoms with Crippen molar-refractivity contribution >= 4 is 43.7 Å². The number of ether oxygens (including phenoxy) is 1. The summed E-state index contributed by atoms with van der Waals surface area (Å²) in [5.74, 6) is 1.46. The van der Waals surface area contributed by atoms with Gasteiger partial charge in [-0.2, -0.15) is 0 Å². The minimum atomic E-state index is -0.630. The first-order valence-electron chi connectivity index (χ1n) is 13.9. The first-order valence-corrected chi connectivity index (χ1v) is 14.7. The summed E-state index contributed by atoms with van der Waals surface area (Å²) in [6, 6.07) is 0. The van der Waals surface area contributed by atoms with Gasteiger partial charge in [-0.25, -0.2) is 19.7 Å². The van der Waals surface area contributed by atoms with Gasteiger partial charge in [0.1, 0.15) is 17.0 Å². The minimum Gasteiger partial charge on any atom is -0.433 e. The molecule has 4 heterocycles. The van der Waals surface area contributed by atoms with Crippen molar-refractivity contribution in [1.29, 1.82) is 0 Å². The second kappa shape index (κ2) is 11.3. The summed E-state index contributed by atoms with van der Waals surface area (Å²) < 4.78 is 5.96. The van der Waals surface area contributed by atoms with Crippen LogP contribution in [0.25, 0.3) is 20.4 Å². The van der Waals surface area contributed by atoms with Crippen molar-refractivity contribution in [2.45, 2.75) is 60.3 Å². The van der Waals surface area contributed by atoms with Crippen molar-refractivity contribution in [3.8, 4) is 0 Å². The molecule has 0 spiro atoms. The van der Waals surface area contributed by atoms with Gasteiger partial charge >= 0.3 is 6.16 Å². The van der Waals surface area contributed by atoms with Crippen LogP contribution >= 0.6 is 11.3 Å². The highest BCUT2D eigenvalue weighted by atomic mass is 32.1. The number of thiophene rings is 1. The van der Waals surface area contributed by atoms with Gasteiger partial charge in [0.15, 0.2) is 0 Å². The van der Waals surface area contributed by atoms with Crippen molar-refractivity contribution in [1.82, 2.24) is 24.9 Å². The quantitative estimate of drug-likeness (QED) is 0.393. The Labute approximate surface area is 228 Å². The Balaban J connectivity index is 1.32. The minimum absolute atomic E-state index is 0.282. The van der Waals surface area contributed by atoms with E-state index in [2.05, 4.69) is 42.9 Å². The summed E-state index contributed by atoms with van der Waals surface area (Å²) in [7, 11) is 0. The molecule has 1 fully saturated rings. The van der Waals surface area contributed by atoms with Crippen LogP contribution < -0.4 is 5.32 Å². The van der Waals surface area contributed by atoms with Crippen molar-refractivity contribution in [3.05, 3.63) is 23.1 Å². The van der Waals surface area contributed by atoms with E-state index in [1.54, 1.807) is 29.7 Å². The van der Waals surface area contributed by atoms with Gasteiger partial charge in [-0.15, -0.1) is 16.4 Å². The lowest BCUT2D eigenvalue weighted by Crippen LogP contribution is -2.48. The molecule has 3 aromatic rings. The first-order chi connectivity index (χ1) is 18.2. The van der Waals surface area contributed by atoms with E-state index in [0.29, 0.717) is 25.6 Å². The van der Waals surface area contributed by atoms with Crippen LogP contribution in [0.1, 0.15) is 57.9 Å². The van der Waals surface area contributed by atoms with Crippen LogP contribution in [0, 0.1) is 11.3 Å². The Kier molecular flexibility index (Phi) is 8.02. The molecule has 0 unspecified atom stereocenters. The number of rotatable bonds is 8.